The molecular weight excluding hydrogens is 162 g/mol. The van der Waals surface area contributed by atoms with E-state index in [2.05, 4.69) is 6.07 Å². The van der Waals surface area contributed by atoms with Crippen molar-refractivity contribution in [3.8, 4) is 6.07 Å². The van der Waals surface area contributed by atoms with Crippen LogP contribution in [0.15, 0.2) is 0 Å². The first-order valence-electron chi connectivity index (χ1n) is 4.99. The molecule has 1 rings (SSSR count). The molecule has 1 aliphatic carbocycles. The quantitative estimate of drug-likeness (QED) is 0.668. The molecule has 1 atom stereocenters. The number of carbonyl (C=O) groups excluding carboxylic acids is 1. The fourth-order valence-electron chi connectivity index (χ4n) is 2.36. The molecule has 1 saturated carbocycles. The Bertz CT molecular complexity index is 235. The van der Waals surface area contributed by atoms with Gasteiger partial charge in [0.25, 0.3) is 0 Å². The fraction of sp³-hybridized carbons (Fsp3) is 0.818. The summed E-state index contributed by atoms with van der Waals surface area (Å²) in [6.45, 7) is 3.51. The lowest BCUT2D eigenvalue weighted by Crippen LogP contribution is -2.26. The Balaban J connectivity index is 2.68. The van der Waals surface area contributed by atoms with Crippen LogP contribution in [-0.4, -0.2) is 5.78 Å². The highest BCUT2D eigenvalue weighted by Gasteiger charge is 2.36. The lowest BCUT2D eigenvalue weighted by atomic mass is 9.74. The van der Waals surface area contributed by atoms with Crippen molar-refractivity contribution in [3.05, 3.63) is 0 Å². The standard InChI is InChI=1S/C11H17NO/c1-9(13)7-11(2,8-12)10-5-3-4-6-10/h10H,3-7H2,1-2H3. The summed E-state index contributed by atoms with van der Waals surface area (Å²) in [6, 6.07) is 2.33. The van der Waals surface area contributed by atoms with Crippen molar-refractivity contribution < 1.29 is 4.79 Å². The Morgan fingerprint density at radius 3 is 2.46 bits per heavy atom. The van der Waals surface area contributed by atoms with Crippen LogP contribution in [0.5, 0.6) is 0 Å². The van der Waals surface area contributed by atoms with Gasteiger partial charge in [0.15, 0.2) is 0 Å². The van der Waals surface area contributed by atoms with Gasteiger partial charge in [-0.05, 0) is 32.6 Å². The fourth-order valence-corrected chi connectivity index (χ4v) is 2.36. The maximum absolute atomic E-state index is 11.0. The Morgan fingerprint density at radius 1 is 1.54 bits per heavy atom. The molecule has 0 amide bonds. The Labute approximate surface area is 79.9 Å². The molecule has 1 aliphatic rings. The van der Waals surface area contributed by atoms with E-state index in [9.17, 15) is 4.79 Å². The van der Waals surface area contributed by atoms with Gasteiger partial charge in [0.2, 0.25) is 0 Å². The second-order valence-corrected chi connectivity index (χ2v) is 4.39. The minimum atomic E-state index is -0.400. The van der Waals surface area contributed by atoms with Gasteiger partial charge in [-0.25, -0.2) is 0 Å². The van der Waals surface area contributed by atoms with Gasteiger partial charge < -0.3 is 0 Å². The molecule has 2 heteroatoms. The van der Waals surface area contributed by atoms with Crippen LogP contribution in [0, 0.1) is 22.7 Å². The third kappa shape index (κ3) is 2.30. The maximum atomic E-state index is 11.0. The van der Waals surface area contributed by atoms with Crippen LogP contribution in [0.3, 0.4) is 0 Å². The predicted octanol–water partition coefficient (Wildman–Crippen LogP) is 2.69. The zero-order valence-electron chi connectivity index (χ0n) is 8.47. The van der Waals surface area contributed by atoms with Gasteiger partial charge in [0.1, 0.15) is 5.78 Å². The molecular formula is C11H17NO. The molecule has 0 bridgehead atoms. The van der Waals surface area contributed by atoms with Crippen LogP contribution in [0.4, 0.5) is 0 Å². The topological polar surface area (TPSA) is 40.9 Å². The number of hydrogen-bond acceptors (Lipinski definition) is 2. The second-order valence-electron chi connectivity index (χ2n) is 4.39. The van der Waals surface area contributed by atoms with Gasteiger partial charge in [0.05, 0.1) is 11.5 Å². The predicted molar refractivity (Wildman–Crippen MR) is 51.0 cm³/mol. The number of carbonyl (C=O) groups is 1. The molecule has 0 spiro atoms. The largest absolute Gasteiger partial charge is 0.300 e. The smallest absolute Gasteiger partial charge is 0.131 e. The number of nitrogens with zero attached hydrogens (tertiary/aromatic N) is 1. The average molecular weight is 179 g/mol. The van der Waals surface area contributed by atoms with Crippen LogP contribution in [0.25, 0.3) is 0 Å². The third-order valence-electron chi connectivity index (χ3n) is 3.13. The Kier molecular flexibility index (Phi) is 3.08. The van der Waals surface area contributed by atoms with Crippen LogP contribution in [0.2, 0.25) is 0 Å². The maximum Gasteiger partial charge on any atom is 0.131 e. The van der Waals surface area contributed by atoms with Crippen LogP contribution < -0.4 is 0 Å². The molecule has 0 aromatic rings. The summed E-state index contributed by atoms with van der Waals surface area (Å²) < 4.78 is 0. The van der Waals surface area contributed by atoms with Crippen molar-refractivity contribution in [1.82, 2.24) is 0 Å². The third-order valence-corrected chi connectivity index (χ3v) is 3.13. The zero-order valence-corrected chi connectivity index (χ0v) is 8.47. The van der Waals surface area contributed by atoms with Crippen molar-refractivity contribution in [2.45, 2.75) is 46.0 Å². The van der Waals surface area contributed by atoms with Gasteiger partial charge in [0, 0.05) is 6.42 Å². The van der Waals surface area contributed by atoms with E-state index >= 15 is 0 Å². The van der Waals surface area contributed by atoms with Gasteiger partial charge in [-0.3, -0.25) is 4.79 Å². The molecule has 1 fully saturated rings. The summed E-state index contributed by atoms with van der Waals surface area (Å²) in [5, 5.41) is 9.09. The van der Waals surface area contributed by atoms with E-state index in [-0.39, 0.29) is 5.78 Å². The van der Waals surface area contributed by atoms with Crippen LogP contribution in [-0.2, 0) is 4.79 Å². The van der Waals surface area contributed by atoms with Gasteiger partial charge >= 0.3 is 0 Å². The van der Waals surface area contributed by atoms with Crippen molar-refractivity contribution in [1.29, 1.82) is 5.26 Å². The molecule has 72 valence electrons. The van der Waals surface area contributed by atoms with E-state index in [1.807, 2.05) is 6.92 Å². The normalized spacial score (nSPS) is 22.2. The molecule has 2 nitrogen and oxygen atoms in total. The van der Waals surface area contributed by atoms with Gasteiger partial charge in [-0.15, -0.1) is 0 Å². The molecule has 0 aliphatic heterocycles. The van der Waals surface area contributed by atoms with Crippen LogP contribution >= 0.6 is 0 Å². The Hall–Kier alpha value is -0.840. The first-order chi connectivity index (χ1) is 6.08. The summed E-state index contributed by atoms with van der Waals surface area (Å²) in [4.78, 5) is 11.0. The molecule has 0 heterocycles. The molecule has 0 radical (unpaired) electrons. The minimum Gasteiger partial charge on any atom is -0.300 e. The zero-order chi connectivity index (χ0) is 9.90. The monoisotopic (exact) mass is 179 g/mol. The molecule has 0 aromatic carbocycles. The van der Waals surface area contributed by atoms with E-state index in [0.717, 1.165) is 12.8 Å². The molecule has 0 saturated heterocycles. The number of hydrogen-bond donors (Lipinski definition) is 0. The molecule has 1 unspecified atom stereocenters. The van der Waals surface area contributed by atoms with E-state index in [4.69, 9.17) is 5.26 Å². The first kappa shape index (κ1) is 10.2. The van der Waals surface area contributed by atoms with Gasteiger partial charge in [-0.2, -0.15) is 5.26 Å². The summed E-state index contributed by atoms with van der Waals surface area (Å²) in [6.07, 6.45) is 5.11. The van der Waals surface area contributed by atoms with E-state index in [0.29, 0.717) is 12.3 Å². The summed E-state index contributed by atoms with van der Waals surface area (Å²) in [7, 11) is 0. The highest BCUT2D eigenvalue weighted by molar-refractivity contribution is 5.76. The average Bonchev–Trinajstić information content (AvgIpc) is 2.55. The van der Waals surface area contributed by atoms with Crippen molar-refractivity contribution in [2.24, 2.45) is 11.3 Å². The number of rotatable bonds is 3. The van der Waals surface area contributed by atoms with Gasteiger partial charge in [-0.1, -0.05) is 12.8 Å². The SMILES string of the molecule is CC(=O)CC(C)(C#N)C1CCCC1. The highest BCUT2D eigenvalue weighted by atomic mass is 16.1. The summed E-state index contributed by atoms with van der Waals surface area (Å²) in [5.41, 5.74) is -0.400. The van der Waals surface area contributed by atoms with Crippen LogP contribution in [0.1, 0.15) is 46.0 Å². The number of Topliss-reactive ketones (excluding diaryl/α,β-unsaturated/α-hetero) is 1. The van der Waals surface area contributed by atoms with E-state index in [1.165, 1.54) is 12.8 Å². The number of ketones is 1. The van der Waals surface area contributed by atoms with E-state index in [1.54, 1.807) is 6.92 Å². The van der Waals surface area contributed by atoms with E-state index < -0.39 is 5.41 Å². The number of nitriles is 1. The summed E-state index contributed by atoms with van der Waals surface area (Å²) >= 11 is 0. The first-order valence-corrected chi connectivity index (χ1v) is 4.99. The Morgan fingerprint density at radius 2 is 2.08 bits per heavy atom. The second kappa shape index (κ2) is 3.91. The van der Waals surface area contributed by atoms with Crippen molar-refractivity contribution >= 4 is 5.78 Å². The lowest BCUT2D eigenvalue weighted by Gasteiger charge is -2.27. The minimum absolute atomic E-state index is 0.135. The molecule has 13 heavy (non-hydrogen) atoms. The van der Waals surface area contributed by atoms with Crippen molar-refractivity contribution in [2.75, 3.05) is 0 Å². The lowest BCUT2D eigenvalue weighted by molar-refractivity contribution is -0.119. The molecule has 0 aromatic heterocycles. The highest BCUT2D eigenvalue weighted by Crippen LogP contribution is 2.41. The van der Waals surface area contributed by atoms with Crippen molar-refractivity contribution in [3.63, 3.8) is 0 Å². The summed E-state index contributed by atoms with van der Waals surface area (Å²) in [5.74, 6) is 0.581. The molecule has 0 N–H and O–H groups in total.